The lowest BCUT2D eigenvalue weighted by Gasteiger charge is -2.26. The summed E-state index contributed by atoms with van der Waals surface area (Å²) in [6.07, 6.45) is 5.07. The quantitative estimate of drug-likeness (QED) is 0.676. The van der Waals surface area contributed by atoms with Gasteiger partial charge in [-0.3, -0.25) is 4.98 Å². The van der Waals surface area contributed by atoms with Gasteiger partial charge in [-0.05, 0) is 43.5 Å². The van der Waals surface area contributed by atoms with Crippen molar-refractivity contribution >= 4 is 27.1 Å². The molecule has 0 aliphatic carbocycles. The van der Waals surface area contributed by atoms with Crippen molar-refractivity contribution in [3.05, 3.63) is 46.7 Å². The first-order valence-electron chi connectivity index (χ1n) is 8.71. The van der Waals surface area contributed by atoms with E-state index in [1.165, 1.54) is 24.6 Å². The van der Waals surface area contributed by atoms with Crippen LogP contribution in [-0.2, 0) is 16.6 Å². The summed E-state index contributed by atoms with van der Waals surface area (Å²) >= 11 is 0. The van der Waals surface area contributed by atoms with Crippen molar-refractivity contribution in [3.63, 3.8) is 0 Å². The minimum atomic E-state index is -3.77. The Bertz CT molecular complexity index is 1120. The molecule has 0 atom stereocenters. The van der Waals surface area contributed by atoms with Crippen LogP contribution in [0.4, 0.5) is 5.95 Å². The zero-order valence-electron chi connectivity index (χ0n) is 14.5. The van der Waals surface area contributed by atoms with E-state index < -0.39 is 15.8 Å². The van der Waals surface area contributed by atoms with Gasteiger partial charge in [0, 0.05) is 19.3 Å². The molecule has 2 N–H and O–H groups in total. The Hall–Kier alpha value is -2.72. The molecule has 0 radical (unpaired) electrons. The molecule has 1 aliphatic heterocycles. The fourth-order valence-corrected chi connectivity index (χ4v) is 4.10. The molecule has 3 heterocycles. The molecule has 27 heavy (non-hydrogen) atoms. The average molecular weight is 389 g/mol. The van der Waals surface area contributed by atoms with Crippen LogP contribution < -0.4 is 15.4 Å². The fraction of sp³-hybridized carbons (Fsp3) is 0.353. The molecule has 1 aromatic carbocycles. The summed E-state index contributed by atoms with van der Waals surface area (Å²) in [5.74, 6) is 0.00234. The van der Waals surface area contributed by atoms with E-state index in [0.717, 1.165) is 25.9 Å². The first kappa shape index (κ1) is 17.7. The van der Waals surface area contributed by atoms with E-state index in [-0.39, 0.29) is 11.4 Å². The number of hydrogen-bond donors (Lipinski definition) is 2. The topological polar surface area (TPSA) is 121 Å². The highest BCUT2D eigenvalue weighted by molar-refractivity contribution is 7.89. The van der Waals surface area contributed by atoms with Gasteiger partial charge in [0.05, 0.1) is 22.7 Å². The van der Waals surface area contributed by atoms with Crippen LogP contribution in [-0.4, -0.2) is 36.5 Å². The van der Waals surface area contributed by atoms with Crippen LogP contribution >= 0.6 is 0 Å². The molecule has 0 saturated carbocycles. The van der Waals surface area contributed by atoms with E-state index in [1.807, 2.05) is 0 Å². The highest BCUT2D eigenvalue weighted by Crippen LogP contribution is 2.18. The SMILES string of the molecule is O=c1[nH]c2cc(S(=O)(=O)NCc3ccnc(N4CCCCC4)n3)ccc2o1. The zero-order chi connectivity index (χ0) is 18.9. The Morgan fingerprint density at radius 2 is 2.00 bits per heavy atom. The van der Waals surface area contributed by atoms with E-state index in [1.54, 1.807) is 12.3 Å². The number of aromatic nitrogens is 3. The summed E-state index contributed by atoms with van der Waals surface area (Å²) in [5, 5.41) is 0. The molecule has 0 bridgehead atoms. The predicted octanol–water partition coefficient (Wildman–Crippen LogP) is 1.38. The first-order valence-corrected chi connectivity index (χ1v) is 10.2. The minimum Gasteiger partial charge on any atom is -0.408 e. The van der Waals surface area contributed by atoms with Gasteiger partial charge in [0.2, 0.25) is 16.0 Å². The fourth-order valence-electron chi connectivity index (χ4n) is 3.08. The maximum Gasteiger partial charge on any atom is 0.417 e. The molecule has 1 saturated heterocycles. The molecule has 3 aromatic rings. The highest BCUT2D eigenvalue weighted by Gasteiger charge is 2.17. The molecule has 1 fully saturated rings. The zero-order valence-corrected chi connectivity index (χ0v) is 15.3. The van der Waals surface area contributed by atoms with Gasteiger partial charge in [0.15, 0.2) is 5.58 Å². The van der Waals surface area contributed by atoms with Gasteiger partial charge in [-0.15, -0.1) is 0 Å². The molecule has 10 heteroatoms. The monoisotopic (exact) mass is 389 g/mol. The third-order valence-electron chi connectivity index (χ3n) is 4.48. The third kappa shape index (κ3) is 3.86. The van der Waals surface area contributed by atoms with Crippen molar-refractivity contribution in [2.75, 3.05) is 18.0 Å². The Morgan fingerprint density at radius 3 is 2.81 bits per heavy atom. The number of rotatable bonds is 5. The average Bonchev–Trinajstić information content (AvgIpc) is 3.06. The first-order chi connectivity index (χ1) is 13.0. The van der Waals surface area contributed by atoms with E-state index >= 15 is 0 Å². The van der Waals surface area contributed by atoms with Crippen molar-refractivity contribution in [1.82, 2.24) is 19.7 Å². The molecule has 2 aromatic heterocycles. The van der Waals surface area contributed by atoms with Crippen LogP contribution in [0.3, 0.4) is 0 Å². The molecule has 0 unspecified atom stereocenters. The second kappa shape index (κ2) is 7.12. The van der Waals surface area contributed by atoms with E-state index in [4.69, 9.17) is 4.42 Å². The van der Waals surface area contributed by atoms with Crippen LogP contribution in [0, 0.1) is 0 Å². The summed E-state index contributed by atoms with van der Waals surface area (Å²) in [6.45, 7) is 1.88. The summed E-state index contributed by atoms with van der Waals surface area (Å²) < 4.78 is 32.5. The lowest BCUT2D eigenvalue weighted by molar-refractivity contribution is 0.555. The number of nitrogens with zero attached hydrogens (tertiary/aromatic N) is 3. The largest absolute Gasteiger partial charge is 0.417 e. The van der Waals surface area contributed by atoms with Crippen molar-refractivity contribution < 1.29 is 12.8 Å². The van der Waals surface area contributed by atoms with E-state index in [0.29, 0.717) is 22.7 Å². The van der Waals surface area contributed by atoms with Crippen LogP contribution in [0.5, 0.6) is 0 Å². The number of aromatic amines is 1. The number of oxazole rings is 1. The van der Waals surface area contributed by atoms with Gasteiger partial charge in [-0.1, -0.05) is 0 Å². The lowest BCUT2D eigenvalue weighted by atomic mass is 10.1. The Kier molecular flexibility index (Phi) is 4.66. The van der Waals surface area contributed by atoms with E-state index in [2.05, 4.69) is 24.6 Å². The molecule has 9 nitrogen and oxygen atoms in total. The Morgan fingerprint density at radius 1 is 1.19 bits per heavy atom. The Balaban J connectivity index is 1.50. The summed E-state index contributed by atoms with van der Waals surface area (Å²) in [4.78, 5) is 24.6. The number of sulfonamides is 1. The van der Waals surface area contributed by atoms with Crippen molar-refractivity contribution in [1.29, 1.82) is 0 Å². The van der Waals surface area contributed by atoms with Crippen LogP contribution in [0.15, 0.2) is 44.6 Å². The van der Waals surface area contributed by atoms with Crippen LogP contribution in [0.1, 0.15) is 25.0 Å². The van der Waals surface area contributed by atoms with Gasteiger partial charge in [-0.25, -0.2) is 27.9 Å². The van der Waals surface area contributed by atoms with Gasteiger partial charge < -0.3 is 9.32 Å². The molecule has 0 amide bonds. The summed E-state index contributed by atoms with van der Waals surface area (Å²) in [5.41, 5.74) is 1.23. The number of hydrogen-bond acceptors (Lipinski definition) is 7. The van der Waals surface area contributed by atoms with E-state index in [9.17, 15) is 13.2 Å². The van der Waals surface area contributed by atoms with Gasteiger partial charge >= 0.3 is 5.76 Å². The normalized spacial score (nSPS) is 15.3. The lowest BCUT2D eigenvalue weighted by Crippen LogP contribution is -2.31. The third-order valence-corrected chi connectivity index (χ3v) is 5.88. The maximum atomic E-state index is 12.6. The molecular weight excluding hydrogens is 370 g/mol. The number of anilines is 1. The number of fused-ring (bicyclic) bond motifs is 1. The van der Waals surface area contributed by atoms with Gasteiger partial charge in [-0.2, -0.15) is 0 Å². The van der Waals surface area contributed by atoms with Crippen molar-refractivity contribution in [2.45, 2.75) is 30.7 Å². The maximum absolute atomic E-state index is 12.6. The highest BCUT2D eigenvalue weighted by atomic mass is 32.2. The molecule has 1 aliphatic rings. The number of piperidine rings is 1. The van der Waals surface area contributed by atoms with Crippen molar-refractivity contribution in [3.8, 4) is 0 Å². The standard InChI is InChI=1S/C17H19N5O4S/c23-17-21-14-10-13(4-5-15(14)26-17)27(24,25)19-11-12-6-7-18-16(20-12)22-8-2-1-3-9-22/h4-7,10,19H,1-3,8-9,11H2,(H,21,23). The molecule has 0 spiro atoms. The van der Waals surface area contributed by atoms with Gasteiger partial charge in [0.25, 0.3) is 0 Å². The van der Waals surface area contributed by atoms with Crippen LogP contribution in [0.25, 0.3) is 11.1 Å². The minimum absolute atomic E-state index is 0.0392. The number of benzene rings is 1. The summed E-state index contributed by atoms with van der Waals surface area (Å²) in [7, 11) is -3.77. The predicted molar refractivity (Wildman–Crippen MR) is 99.0 cm³/mol. The van der Waals surface area contributed by atoms with Crippen LogP contribution in [0.2, 0.25) is 0 Å². The number of H-pyrrole nitrogens is 1. The smallest absolute Gasteiger partial charge is 0.408 e. The summed E-state index contributed by atoms with van der Waals surface area (Å²) in [6, 6.07) is 5.88. The molecule has 142 valence electrons. The van der Waals surface area contributed by atoms with Crippen molar-refractivity contribution in [2.24, 2.45) is 0 Å². The Labute approximate surface area is 155 Å². The molecule has 4 rings (SSSR count). The molecular formula is C17H19N5O4S. The second-order valence-corrected chi connectivity index (χ2v) is 8.16. The number of nitrogens with one attached hydrogen (secondary N) is 2. The van der Waals surface area contributed by atoms with Gasteiger partial charge in [0.1, 0.15) is 0 Å². The second-order valence-electron chi connectivity index (χ2n) is 6.39.